The monoisotopic (exact) mass is 389 g/mol. The summed E-state index contributed by atoms with van der Waals surface area (Å²) in [5.74, 6) is 0.329. The third kappa shape index (κ3) is 5.15. The zero-order chi connectivity index (χ0) is 19.8. The Morgan fingerprint density at radius 1 is 0.929 bits per heavy atom. The summed E-state index contributed by atoms with van der Waals surface area (Å²) in [7, 11) is 0. The van der Waals surface area contributed by atoms with Crippen LogP contribution in [0.25, 0.3) is 0 Å². The van der Waals surface area contributed by atoms with Crippen LogP contribution in [0, 0.1) is 18.3 Å². The Hall–Kier alpha value is -3.23. The summed E-state index contributed by atoms with van der Waals surface area (Å²) in [6, 6.07) is 24.4. The fraction of sp³-hybridized carbons (Fsp3) is 0.130. The number of hydrogen-bond donors (Lipinski definition) is 0. The number of ether oxygens (including phenoxy) is 2. The molecule has 0 atom stereocenters. The zero-order valence-corrected chi connectivity index (χ0v) is 16.2. The van der Waals surface area contributed by atoms with Gasteiger partial charge in [0.25, 0.3) is 0 Å². The van der Waals surface area contributed by atoms with Crippen LogP contribution in [-0.2, 0) is 4.74 Å². The first-order valence-electron chi connectivity index (χ1n) is 8.80. The van der Waals surface area contributed by atoms with Crippen molar-refractivity contribution in [1.29, 1.82) is 5.26 Å². The highest BCUT2D eigenvalue weighted by Gasteiger charge is 2.14. The smallest absolute Gasteiger partial charge is 0.339 e. The standard InChI is InChI=1S/C23H19NO3S/c1-17-10-12-19(13-11-17)26-14-15-27-23(25)20-7-3-5-9-22(20)28-21-8-4-2-6-18(21)16-24/h2-13H,14-15H2,1H3. The maximum Gasteiger partial charge on any atom is 0.339 e. The van der Waals surface area contributed by atoms with Crippen LogP contribution in [0.2, 0.25) is 0 Å². The largest absolute Gasteiger partial charge is 0.490 e. The fourth-order valence-electron chi connectivity index (χ4n) is 2.50. The van der Waals surface area contributed by atoms with Crippen LogP contribution >= 0.6 is 11.8 Å². The van der Waals surface area contributed by atoms with Crippen molar-refractivity contribution in [1.82, 2.24) is 0 Å². The van der Waals surface area contributed by atoms with Gasteiger partial charge in [0.1, 0.15) is 25.0 Å². The second-order valence-electron chi connectivity index (χ2n) is 6.00. The molecule has 4 nitrogen and oxygen atoms in total. The van der Waals surface area contributed by atoms with Gasteiger partial charge >= 0.3 is 5.97 Å². The van der Waals surface area contributed by atoms with E-state index in [4.69, 9.17) is 9.47 Å². The van der Waals surface area contributed by atoms with Crippen LogP contribution in [0.4, 0.5) is 0 Å². The van der Waals surface area contributed by atoms with Crippen LogP contribution < -0.4 is 4.74 Å². The lowest BCUT2D eigenvalue weighted by Crippen LogP contribution is -2.13. The molecule has 3 aromatic carbocycles. The molecule has 140 valence electrons. The molecule has 0 amide bonds. The van der Waals surface area contributed by atoms with Crippen molar-refractivity contribution >= 4 is 17.7 Å². The van der Waals surface area contributed by atoms with Gasteiger partial charge in [-0.1, -0.05) is 53.7 Å². The quantitative estimate of drug-likeness (QED) is 0.408. The van der Waals surface area contributed by atoms with E-state index in [1.807, 2.05) is 61.5 Å². The maximum absolute atomic E-state index is 12.5. The summed E-state index contributed by atoms with van der Waals surface area (Å²) in [5.41, 5.74) is 2.20. The van der Waals surface area contributed by atoms with Gasteiger partial charge in [-0.2, -0.15) is 5.26 Å². The van der Waals surface area contributed by atoms with Crippen molar-refractivity contribution in [2.75, 3.05) is 13.2 Å². The minimum absolute atomic E-state index is 0.153. The van der Waals surface area contributed by atoms with Crippen LogP contribution in [-0.4, -0.2) is 19.2 Å². The van der Waals surface area contributed by atoms with E-state index in [0.29, 0.717) is 11.1 Å². The molecule has 0 spiro atoms. The number of aryl methyl sites for hydroxylation is 1. The van der Waals surface area contributed by atoms with Crippen LogP contribution in [0.3, 0.4) is 0 Å². The van der Waals surface area contributed by atoms with Crippen molar-refractivity contribution in [2.45, 2.75) is 16.7 Å². The first kappa shape index (κ1) is 19.5. The average molecular weight is 389 g/mol. The molecule has 0 bridgehead atoms. The highest BCUT2D eigenvalue weighted by atomic mass is 32.2. The van der Waals surface area contributed by atoms with E-state index in [0.717, 1.165) is 21.1 Å². The Balaban J connectivity index is 1.61. The number of hydrogen-bond acceptors (Lipinski definition) is 5. The molecule has 3 rings (SSSR count). The number of nitriles is 1. The molecule has 0 radical (unpaired) electrons. The molecule has 0 aliphatic heterocycles. The number of rotatable bonds is 7. The van der Waals surface area contributed by atoms with E-state index in [9.17, 15) is 10.1 Å². The molecule has 5 heteroatoms. The Morgan fingerprint density at radius 3 is 2.36 bits per heavy atom. The Bertz CT molecular complexity index is 993. The molecule has 0 aromatic heterocycles. The molecule has 0 heterocycles. The van der Waals surface area contributed by atoms with Gasteiger partial charge in [-0.3, -0.25) is 0 Å². The highest BCUT2D eigenvalue weighted by Crippen LogP contribution is 2.32. The second-order valence-corrected chi connectivity index (χ2v) is 7.09. The van der Waals surface area contributed by atoms with Gasteiger partial charge in [0.15, 0.2) is 0 Å². The van der Waals surface area contributed by atoms with Gasteiger partial charge in [-0.25, -0.2) is 4.79 Å². The highest BCUT2D eigenvalue weighted by molar-refractivity contribution is 7.99. The molecular formula is C23H19NO3S. The lowest BCUT2D eigenvalue weighted by atomic mass is 10.2. The third-order valence-corrected chi connectivity index (χ3v) is 5.09. The third-order valence-electron chi connectivity index (χ3n) is 3.94. The van der Waals surface area contributed by atoms with Crippen LogP contribution in [0.15, 0.2) is 82.6 Å². The van der Waals surface area contributed by atoms with Crippen molar-refractivity contribution in [3.05, 3.63) is 89.5 Å². The molecule has 0 saturated heterocycles. The molecule has 0 fully saturated rings. The van der Waals surface area contributed by atoms with Gasteiger partial charge in [0.2, 0.25) is 0 Å². The Morgan fingerprint density at radius 2 is 1.61 bits per heavy atom. The summed E-state index contributed by atoms with van der Waals surface area (Å²) in [4.78, 5) is 14.1. The van der Waals surface area contributed by atoms with E-state index < -0.39 is 5.97 Å². The van der Waals surface area contributed by atoms with Crippen molar-refractivity contribution in [2.24, 2.45) is 0 Å². The summed E-state index contributed by atoms with van der Waals surface area (Å²) < 4.78 is 11.0. The predicted octanol–water partition coefficient (Wildman–Crippen LogP) is 5.25. The lowest BCUT2D eigenvalue weighted by molar-refractivity contribution is 0.0446. The molecule has 28 heavy (non-hydrogen) atoms. The minimum atomic E-state index is -0.412. The first-order chi connectivity index (χ1) is 13.7. The summed E-state index contributed by atoms with van der Waals surface area (Å²) >= 11 is 1.38. The molecule has 0 aliphatic carbocycles. The van der Waals surface area contributed by atoms with E-state index in [1.165, 1.54) is 11.8 Å². The van der Waals surface area contributed by atoms with Crippen molar-refractivity contribution < 1.29 is 14.3 Å². The number of benzene rings is 3. The number of nitrogens with zero attached hydrogens (tertiary/aromatic N) is 1. The zero-order valence-electron chi connectivity index (χ0n) is 15.4. The van der Waals surface area contributed by atoms with E-state index in [1.54, 1.807) is 18.2 Å². The van der Waals surface area contributed by atoms with Gasteiger partial charge in [-0.15, -0.1) is 0 Å². The molecule has 0 N–H and O–H groups in total. The van der Waals surface area contributed by atoms with Crippen molar-refractivity contribution in [3.8, 4) is 11.8 Å². The topological polar surface area (TPSA) is 59.3 Å². The summed E-state index contributed by atoms with van der Waals surface area (Å²) in [6.07, 6.45) is 0. The Labute approximate surface area is 168 Å². The SMILES string of the molecule is Cc1ccc(OCCOC(=O)c2ccccc2Sc2ccccc2C#N)cc1. The normalized spacial score (nSPS) is 10.1. The summed E-state index contributed by atoms with van der Waals surface area (Å²) in [6.45, 7) is 2.44. The average Bonchev–Trinajstić information content (AvgIpc) is 2.73. The lowest BCUT2D eigenvalue weighted by Gasteiger charge is -2.11. The molecule has 0 saturated carbocycles. The molecule has 3 aromatic rings. The van der Waals surface area contributed by atoms with Crippen molar-refractivity contribution in [3.63, 3.8) is 0 Å². The Kier molecular flexibility index (Phi) is 6.72. The molecule has 0 aliphatic rings. The second kappa shape index (κ2) is 9.63. The number of carbonyl (C=O) groups is 1. The predicted molar refractivity (Wildman–Crippen MR) is 109 cm³/mol. The van der Waals surface area contributed by atoms with Crippen LogP contribution in [0.5, 0.6) is 5.75 Å². The van der Waals surface area contributed by atoms with Gasteiger partial charge in [0.05, 0.1) is 11.1 Å². The minimum Gasteiger partial charge on any atom is -0.490 e. The van der Waals surface area contributed by atoms with E-state index in [-0.39, 0.29) is 13.2 Å². The van der Waals surface area contributed by atoms with Gasteiger partial charge < -0.3 is 9.47 Å². The van der Waals surface area contributed by atoms with Gasteiger partial charge in [-0.05, 0) is 43.3 Å². The van der Waals surface area contributed by atoms with Crippen LogP contribution in [0.1, 0.15) is 21.5 Å². The van der Waals surface area contributed by atoms with E-state index >= 15 is 0 Å². The molecular weight excluding hydrogens is 370 g/mol. The molecule has 0 unspecified atom stereocenters. The summed E-state index contributed by atoms with van der Waals surface area (Å²) in [5, 5.41) is 9.26. The number of carbonyl (C=O) groups excluding carboxylic acids is 1. The number of esters is 1. The first-order valence-corrected chi connectivity index (χ1v) is 9.61. The van der Waals surface area contributed by atoms with E-state index in [2.05, 4.69) is 6.07 Å². The maximum atomic E-state index is 12.5. The fourth-order valence-corrected chi connectivity index (χ4v) is 3.51. The van der Waals surface area contributed by atoms with Gasteiger partial charge in [0, 0.05) is 9.79 Å².